The van der Waals surface area contributed by atoms with Crippen molar-refractivity contribution in [2.24, 2.45) is 0 Å². The molecule has 0 aliphatic carbocycles. The summed E-state index contributed by atoms with van der Waals surface area (Å²) in [5, 5.41) is 19.2. The van der Waals surface area contributed by atoms with Gasteiger partial charge in [-0.15, -0.1) is 15.3 Å². The fourth-order valence-electron chi connectivity index (χ4n) is 3.26. The Kier molecular flexibility index (Phi) is 3.93. The fraction of sp³-hybridized carbons (Fsp3) is 0.222. The van der Waals surface area contributed by atoms with Gasteiger partial charge in [-0.25, -0.2) is 0 Å². The van der Waals surface area contributed by atoms with Crippen LogP contribution in [-0.4, -0.2) is 55.0 Å². The summed E-state index contributed by atoms with van der Waals surface area (Å²) in [6.07, 6.45) is 5.73. The van der Waals surface area contributed by atoms with Crippen LogP contribution in [0.1, 0.15) is 16.9 Å². The highest BCUT2D eigenvalue weighted by Gasteiger charge is 2.26. The van der Waals surface area contributed by atoms with E-state index in [0.29, 0.717) is 18.0 Å². The van der Waals surface area contributed by atoms with Crippen molar-refractivity contribution in [2.75, 3.05) is 18.0 Å². The third-order valence-corrected chi connectivity index (χ3v) is 4.68. The molecule has 1 unspecified atom stereocenters. The normalized spacial score (nSPS) is 16.6. The van der Waals surface area contributed by atoms with Gasteiger partial charge in [0.25, 0.3) is 5.91 Å². The molecule has 0 saturated carbocycles. The Morgan fingerprint density at radius 2 is 2.25 bits per heavy atom. The molecule has 4 aromatic rings. The average Bonchev–Trinajstić information content (AvgIpc) is 3.48. The lowest BCUT2D eigenvalue weighted by Crippen LogP contribution is -2.37. The van der Waals surface area contributed by atoms with Gasteiger partial charge in [-0.3, -0.25) is 9.78 Å². The topological polar surface area (TPSA) is 114 Å². The third kappa shape index (κ3) is 3.04. The number of hydrogen-bond donors (Lipinski definition) is 1. The van der Waals surface area contributed by atoms with Gasteiger partial charge in [0, 0.05) is 43.2 Å². The molecule has 1 saturated heterocycles. The van der Waals surface area contributed by atoms with Crippen molar-refractivity contribution in [3.63, 3.8) is 0 Å². The van der Waals surface area contributed by atoms with E-state index in [2.05, 4.69) is 35.7 Å². The van der Waals surface area contributed by atoms with E-state index in [1.165, 1.54) is 0 Å². The number of anilines is 1. The Morgan fingerprint density at radius 3 is 3.14 bits per heavy atom. The minimum Gasteiger partial charge on any atom is -0.355 e. The first-order valence-corrected chi connectivity index (χ1v) is 8.86. The number of amides is 1. The van der Waals surface area contributed by atoms with Crippen LogP contribution in [0.2, 0.25) is 0 Å². The average molecular weight is 376 g/mol. The summed E-state index contributed by atoms with van der Waals surface area (Å²) in [6, 6.07) is 9.06. The molecule has 0 bridgehead atoms. The minimum atomic E-state index is -0.257. The van der Waals surface area contributed by atoms with Gasteiger partial charge in [0.15, 0.2) is 17.1 Å². The maximum absolute atomic E-state index is 12.5. The Bertz CT molecular complexity index is 1120. The van der Waals surface area contributed by atoms with Crippen molar-refractivity contribution < 1.29 is 9.32 Å². The predicted molar refractivity (Wildman–Crippen MR) is 98.6 cm³/mol. The van der Waals surface area contributed by atoms with E-state index in [1.54, 1.807) is 35.4 Å². The molecule has 140 valence electrons. The summed E-state index contributed by atoms with van der Waals surface area (Å²) in [4.78, 5) is 18.7. The van der Waals surface area contributed by atoms with Gasteiger partial charge in [0.1, 0.15) is 12.1 Å². The van der Waals surface area contributed by atoms with Crippen molar-refractivity contribution in [2.45, 2.75) is 12.5 Å². The van der Waals surface area contributed by atoms with Crippen LogP contribution in [0.3, 0.4) is 0 Å². The Hall–Kier alpha value is -3.82. The van der Waals surface area contributed by atoms with E-state index in [0.717, 1.165) is 24.3 Å². The number of nitrogens with one attached hydrogen (secondary N) is 1. The molecule has 0 spiro atoms. The van der Waals surface area contributed by atoms with Gasteiger partial charge in [-0.2, -0.15) is 4.52 Å². The molecule has 1 fully saturated rings. The highest BCUT2D eigenvalue weighted by atomic mass is 16.5. The van der Waals surface area contributed by atoms with E-state index in [9.17, 15) is 4.79 Å². The third-order valence-electron chi connectivity index (χ3n) is 4.68. The minimum absolute atomic E-state index is 0.00412. The smallest absolute Gasteiger partial charge is 0.273 e. The maximum Gasteiger partial charge on any atom is 0.273 e. The number of nitrogens with zero attached hydrogens (tertiary/aromatic N) is 7. The standard InChI is InChI=1S/C18H16N8O2/c27-18(14-8-15(28-24-14)12-2-1-6-19-9-12)21-13-5-7-25(10-13)17-4-3-16-22-20-11-26(16)23-17/h1-4,6,8-9,11,13H,5,7,10H2,(H,21,27). The second kappa shape index (κ2) is 6.72. The fourth-order valence-corrected chi connectivity index (χ4v) is 3.26. The summed E-state index contributed by atoms with van der Waals surface area (Å²) >= 11 is 0. The first kappa shape index (κ1) is 16.4. The van der Waals surface area contributed by atoms with E-state index in [4.69, 9.17) is 4.52 Å². The zero-order valence-electron chi connectivity index (χ0n) is 14.8. The summed E-state index contributed by atoms with van der Waals surface area (Å²) in [5.41, 5.74) is 1.72. The van der Waals surface area contributed by atoms with E-state index >= 15 is 0 Å². The molecule has 1 atom stereocenters. The van der Waals surface area contributed by atoms with Crippen LogP contribution in [0.5, 0.6) is 0 Å². The lowest BCUT2D eigenvalue weighted by Gasteiger charge is -2.17. The summed E-state index contributed by atoms with van der Waals surface area (Å²) < 4.78 is 6.91. The largest absolute Gasteiger partial charge is 0.355 e. The number of pyridine rings is 1. The van der Waals surface area contributed by atoms with Crippen LogP contribution >= 0.6 is 0 Å². The molecule has 4 aromatic heterocycles. The molecule has 5 heterocycles. The summed E-state index contributed by atoms with van der Waals surface area (Å²) in [5.74, 6) is 1.08. The summed E-state index contributed by atoms with van der Waals surface area (Å²) in [6.45, 7) is 1.46. The molecule has 28 heavy (non-hydrogen) atoms. The number of hydrogen-bond acceptors (Lipinski definition) is 8. The van der Waals surface area contributed by atoms with Crippen molar-refractivity contribution in [3.8, 4) is 11.3 Å². The first-order chi connectivity index (χ1) is 13.8. The van der Waals surface area contributed by atoms with E-state index in [1.807, 2.05) is 18.2 Å². The first-order valence-electron chi connectivity index (χ1n) is 8.86. The molecule has 1 aliphatic rings. The monoisotopic (exact) mass is 376 g/mol. The molecule has 1 amide bonds. The Balaban J connectivity index is 1.24. The molecule has 0 aromatic carbocycles. The van der Waals surface area contributed by atoms with Crippen LogP contribution in [-0.2, 0) is 0 Å². The molecule has 1 N–H and O–H groups in total. The van der Waals surface area contributed by atoms with Crippen molar-refractivity contribution in [1.29, 1.82) is 0 Å². The van der Waals surface area contributed by atoms with Crippen LogP contribution in [0.4, 0.5) is 5.82 Å². The number of aromatic nitrogens is 6. The van der Waals surface area contributed by atoms with Crippen molar-refractivity contribution in [1.82, 2.24) is 35.3 Å². The number of rotatable bonds is 4. The second-order valence-electron chi connectivity index (χ2n) is 6.55. The lowest BCUT2D eigenvalue weighted by atomic mass is 10.2. The highest BCUT2D eigenvalue weighted by molar-refractivity contribution is 5.93. The molecular formula is C18H16N8O2. The Morgan fingerprint density at radius 1 is 1.29 bits per heavy atom. The van der Waals surface area contributed by atoms with Gasteiger partial charge >= 0.3 is 0 Å². The number of carbonyl (C=O) groups is 1. The van der Waals surface area contributed by atoms with Crippen molar-refractivity contribution in [3.05, 3.63) is 54.7 Å². The maximum atomic E-state index is 12.5. The van der Waals surface area contributed by atoms with Crippen LogP contribution in [0, 0.1) is 0 Å². The van der Waals surface area contributed by atoms with Crippen LogP contribution in [0.25, 0.3) is 17.0 Å². The zero-order valence-corrected chi connectivity index (χ0v) is 14.8. The van der Waals surface area contributed by atoms with E-state index in [-0.39, 0.29) is 17.6 Å². The van der Waals surface area contributed by atoms with Gasteiger partial charge < -0.3 is 14.7 Å². The van der Waals surface area contributed by atoms with Crippen molar-refractivity contribution >= 4 is 17.4 Å². The van der Waals surface area contributed by atoms with E-state index < -0.39 is 0 Å². The molecule has 5 rings (SSSR count). The molecular weight excluding hydrogens is 360 g/mol. The zero-order chi connectivity index (χ0) is 18.9. The molecule has 1 aliphatic heterocycles. The second-order valence-corrected chi connectivity index (χ2v) is 6.55. The Labute approximate surface area is 159 Å². The van der Waals surface area contributed by atoms with Gasteiger partial charge in [-0.05, 0) is 30.7 Å². The highest BCUT2D eigenvalue weighted by Crippen LogP contribution is 2.20. The van der Waals surface area contributed by atoms with Gasteiger partial charge in [-0.1, -0.05) is 5.16 Å². The number of carbonyl (C=O) groups excluding carboxylic acids is 1. The SMILES string of the molecule is O=C(NC1CCN(c2ccc3nncn3n2)C1)c1cc(-c2cccnc2)on1. The number of fused-ring (bicyclic) bond motifs is 1. The van der Waals surface area contributed by atoms with Crippen LogP contribution in [0.15, 0.2) is 53.6 Å². The predicted octanol–water partition coefficient (Wildman–Crippen LogP) is 1.18. The molecule has 10 nitrogen and oxygen atoms in total. The van der Waals surface area contributed by atoms with Gasteiger partial charge in [0.2, 0.25) is 0 Å². The molecule has 0 radical (unpaired) electrons. The van der Waals surface area contributed by atoms with Gasteiger partial charge in [0.05, 0.1) is 0 Å². The van der Waals surface area contributed by atoms with Crippen LogP contribution < -0.4 is 10.2 Å². The lowest BCUT2D eigenvalue weighted by molar-refractivity contribution is 0.0931. The quantitative estimate of drug-likeness (QED) is 0.565. The summed E-state index contributed by atoms with van der Waals surface area (Å²) in [7, 11) is 0. The molecule has 10 heteroatoms.